The summed E-state index contributed by atoms with van der Waals surface area (Å²) in [7, 11) is -3.79. The van der Waals surface area contributed by atoms with E-state index >= 15 is 0 Å². The number of aryl methyl sites for hydroxylation is 1. The minimum Gasteiger partial charge on any atom is -0.355 e. The molecule has 0 radical (unpaired) electrons. The van der Waals surface area contributed by atoms with Crippen molar-refractivity contribution in [2.45, 2.75) is 39.8 Å². The molecule has 7 nitrogen and oxygen atoms in total. The molecular weight excluding hydrogens is 486 g/mol. The number of rotatable bonds is 11. The van der Waals surface area contributed by atoms with Gasteiger partial charge in [-0.2, -0.15) is 0 Å². The quantitative estimate of drug-likeness (QED) is 0.415. The standard InChI is InChI=1S/C29H35N3O4S/c1-5-30-29(34)27(19-24-14-8-6-9-15-24)31(20-25-16-10-7-11-17-25)28(33)21-32(37(4,35)36)26-18-12-13-22(2)23(26)3/h6-18,27H,5,19-21H2,1-4H3,(H,30,34). The Bertz CT molecular complexity index is 1310. The molecule has 0 saturated heterocycles. The second kappa shape index (κ2) is 12.5. The molecular formula is C29H35N3O4S. The zero-order valence-electron chi connectivity index (χ0n) is 21.8. The molecule has 196 valence electrons. The molecule has 3 rings (SSSR count). The van der Waals surface area contributed by atoms with E-state index in [1.54, 1.807) is 12.1 Å². The monoisotopic (exact) mass is 521 g/mol. The van der Waals surface area contributed by atoms with Crippen LogP contribution in [0, 0.1) is 13.8 Å². The van der Waals surface area contributed by atoms with Crippen molar-refractivity contribution < 1.29 is 18.0 Å². The second-order valence-corrected chi connectivity index (χ2v) is 11.0. The number of hydrogen-bond acceptors (Lipinski definition) is 4. The third-order valence-electron chi connectivity index (χ3n) is 6.34. The summed E-state index contributed by atoms with van der Waals surface area (Å²) >= 11 is 0. The Hall–Kier alpha value is -3.65. The van der Waals surface area contributed by atoms with Gasteiger partial charge in [-0.05, 0) is 49.1 Å². The number of likely N-dealkylation sites (N-methyl/N-ethyl adjacent to an activating group) is 1. The van der Waals surface area contributed by atoms with Crippen molar-refractivity contribution in [1.29, 1.82) is 0 Å². The van der Waals surface area contributed by atoms with Crippen molar-refractivity contribution in [3.63, 3.8) is 0 Å². The topological polar surface area (TPSA) is 86.8 Å². The van der Waals surface area contributed by atoms with Gasteiger partial charge in [-0.25, -0.2) is 8.42 Å². The molecule has 0 fully saturated rings. The van der Waals surface area contributed by atoms with Gasteiger partial charge in [-0.1, -0.05) is 72.8 Å². The largest absolute Gasteiger partial charge is 0.355 e. The van der Waals surface area contributed by atoms with E-state index in [-0.39, 0.29) is 12.5 Å². The summed E-state index contributed by atoms with van der Waals surface area (Å²) in [6.45, 7) is 5.72. The Morgan fingerprint density at radius 3 is 2.03 bits per heavy atom. The van der Waals surface area contributed by atoms with Gasteiger partial charge in [-0.3, -0.25) is 13.9 Å². The number of sulfonamides is 1. The lowest BCUT2D eigenvalue weighted by molar-refractivity contribution is -0.140. The number of benzene rings is 3. The van der Waals surface area contributed by atoms with Gasteiger partial charge >= 0.3 is 0 Å². The van der Waals surface area contributed by atoms with E-state index < -0.39 is 28.5 Å². The van der Waals surface area contributed by atoms with Crippen LogP contribution in [-0.4, -0.2) is 50.5 Å². The number of nitrogens with zero attached hydrogens (tertiary/aromatic N) is 2. The van der Waals surface area contributed by atoms with Crippen LogP contribution in [0.4, 0.5) is 5.69 Å². The summed E-state index contributed by atoms with van der Waals surface area (Å²) in [5.74, 6) is -0.740. The number of amides is 2. The lowest BCUT2D eigenvalue weighted by Gasteiger charge is -2.33. The molecule has 3 aromatic carbocycles. The average Bonchev–Trinajstić information content (AvgIpc) is 2.87. The first-order chi connectivity index (χ1) is 17.6. The Balaban J connectivity index is 2.05. The SMILES string of the molecule is CCNC(=O)C(Cc1ccccc1)N(Cc1ccccc1)C(=O)CN(c1cccc(C)c1C)S(C)(=O)=O. The van der Waals surface area contributed by atoms with Crippen molar-refractivity contribution in [2.75, 3.05) is 23.7 Å². The molecule has 1 N–H and O–H groups in total. The highest BCUT2D eigenvalue weighted by Crippen LogP contribution is 2.26. The van der Waals surface area contributed by atoms with Gasteiger partial charge in [0.05, 0.1) is 11.9 Å². The first-order valence-corrected chi connectivity index (χ1v) is 14.2. The zero-order chi connectivity index (χ0) is 27.0. The number of anilines is 1. The summed E-state index contributed by atoms with van der Waals surface area (Å²) < 4.78 is 26.9. The molecule has 3 aromatic rings. The molecule has 1 unspecified atom stereocenters. The molecule has 0 spiro atoms. The van der Waals surface area contributed by atoms with E-state index in [1.165, 1.54) is 4.90 Å². The van der Waals surface area contributed by atoms with Crippen LogP contribution in [0.2, 0.25) is 0 Å². The van der Waals surface area contributed by atoms with Gasteiger partial charge in [0.25, 0.3) is 0 Å². The van der Waals surface area contributed by atoms with Crippen LogP contribution in [0.1, 0.15) is 29.2 Å². The Morgan fingerprint density at radius 2 is 1.46 bits per heavy atom. The van der Waals surface area contributed by atoms with E-state index in [0.29, 0.717) is 18.7 Å². The molecule has 0 aliphatic carbocycles. The minimum absolute atomic E-state index is 0.165. The van der Waals surface area contributed by atoms with Crippen LogP contribution >= 0.6 is 0 Å². The highest BCUT2D eigenvalue weighted by Gasteiger charge is 2.33. The first kappa shape index (κ1) is 27.9. The first-order valence-electron chi connectivity index (χ1n) is 12.3. The third-order valence-corrected chi connectivity index (χ3v) is 7.47. The zero-order valence-corrected chi connectivity index (χ0v) is 22.7. The van der Waals surface area contributed by atoms with Crippen LogP contribution in [0.3, 0.4) is 0 Å². The predicted molar refractivity (Wildman–Crippen MR) is 148 cm³/mol. The summed E-state index contributed by atoms with van der Waals surface area (Å²) in [5, 5.41) is 2.85. The maximum Gasteiger partial charge on any atom is 0.244 e. The Labute approximate surface area is 220 Å². The summed E-state index contributed by atoms with van der Waals surface area (Å²) in [6, 6.07) is 23.4. The van der Waals surface area contributed by atoms with E-state index in [4.69, 9.17) is 0 Å². The molecule has 37 heavy (non-hydrogen) atoms. The van der Waals surface area contributed by atoms with Crippen LogP contribution in [0.25, 0.3) is 0 Å². The fraction of sp³-hybridized carbons (Fsp3) is 0.310. The predicted octanol–water partition coefficient (Wildman–Crippen LogP) is 3.85. The molecule has 0 heterocycles. The molecule has 0 aliphatic heterocycles. The summed E-state index contributed by atoms with van der Waals surface area (Å²) in [6.07, 6.45) is 1.39. The third kappa shape index (κ3) is 7.43. The van der Waals surface area contributed by atoms with Gasteiger partial charge in [0, 0.05) is 19.5 Å². The smallest absolute Gasteiger partial charge is 0.244 e. The summed E-state index contributed by atoms with van der Waals surface area (Å²) in [4.78, 5) is 28.7. The van der Waals surface area contributed by atoms with Crippen LogP contribution < -0.4 is 9.62 Å². The number of carbonyl (C=O) groups is 2. The Kier molecular flexibility index (Phi) is 9.47. The number of carbonyl (C=O) groups excluding carboxylic acids is 2. The van der Waals surface area contributed by atoms with E-state index in [2.05, 4.69) is 5.32 Å². The van der Waals surface area contributed by atoms with Crippen LogP contribution in [-0.2, 0) is 32.6 Å². The molecule has 8 heteroatoms. The maximum atomic E-state index is 14.0. The normalized spacial score (nSPS) is 12.0. The fourth-order valence-corrected chi connectivity index (χ4v) is 5.13. The maximum absolute atomic E-state index is 14.0. The van der Waals surface area contributed by atoms with Gasteiger partial charge in [0.15, 0.2) is 0 Å². The number of nitrogens with one attached hydrogen (secondary N) is 1. The lowest BCUT2D eigenvalue weighted by Crippen LogP contribution is -2.53. The fourth-order valence-electron chi connectivity index (χ4n) is 4.23. The highest BCUT2D eigenvalue weighted by molar-refractivity contribution is 7.92. The van der Waals surface area contributed by atoms with E-state index in [9.17, 15) is 18.0 Å². The average molecular weight is 522 g/mol. The Morgan fingerprint density at radius 1 is 0.865 bits per heavy atom. The van der Waals surface area contributed by atoms with Gasteiger partial charge < -0.3 is 10.2 Å². The van der Waals surface area contributed by atoms with E-state index in [0.717, 1.165) is 32.8 Å². The van der Waals surface area contributed by atoms with Gasteiger partial charge in [-0.15, -0.1) is 0 Å². The second-order valence-electron chi connectivity index (χ2n) is 9.10. The van der Waals surface area contributed by atoms with Crippen LogP contribution in [0.15, 0.2) is 78.9 Å². The molecule has 0 saturated carbocycles. The molecule has 0 aliphatic rings. The van der Waals surface area contributed by atoms with Gasteiger partial charge in [0.2, 0.25) is 21.8 Å². The molecule has 1 atom stereocenters. The molecule has 2 amide bonds. The minimum atomic E-state index is -3.79. The molecule has 0 bridgehead atoms. The van der Waals surface area contributed by atoms with Crippen molar-refractivity contribution in [3.8, 4) is 0 Å². The lowest BCUT2D eigenvalue weighted by atomic mass is 10.0. The van der Waals surface area contributed by atoms with Crippen molar-refractivity contribution >= 4 is 27.5 Å². The van der Waals surface area contributed by atoms with Crippen LogP contribution in [0.5, 0.6) is 0 Å². The number of hydrogen-bond donors (Lipinski definition) is 1. The van der Waals surface area contributed by atoms with Crippen molar-refractivity contribution in [3.05, 3.63) is 101 Å². The van der Waals surface area contributed by atoms with Crippen molar-refractivity contribution in [1.82, 2.24) is 10.2 Å². The summed E-state index contributed by atoms with van der Waals surface area (Å²) in [5.41, 5.74) is 3.90. The van der Waals surface area contributed by atoms with Gasteiger partial charge in [0.1, 0.15) is 12.6 Å². The molecule has 0 aromatic heterocycles. The van der Waals surface area contributed by atoms with Crippen molar-refractivity contribution in [2.24, 2.45) is 0 Å². The van der Waals surface area contributed by atoms with E-state index in [1.807, 2.05) is 87.5 Å². The highest BCUT2D eigenvalue weighted by atomic mass is 32.2.